The predicted molar refractivity (Wildman–Crippen MR) is 102 cm³/mol. The molecule has 4 heteroatoms. The van der Waals surface area contributed by atoms with Crippen molar-refractivity contribution in [1.82, 2.24) is 5.32 Å². The van der Waals surface area contributed by atoms with E-state index in [9.17, 15) is 4.79 Å². The third-order valence-corrected chi connectivity index (χ3v) is 4.38. The number of halogens is 1. The average Bonchev–Trinajstić information content (AvgIpc) is 2.55. The van der Waals surface area contributed by atoms with Gasteiger partial charge in [0.15, 0.2) is 0 Å². The van der Waals surface area contributed by atoms with E-state index >= 15 is 0 Å². The molecule has 1 amide bonds. The van der Waals surface area contributed by atoms with Gasteiger partial charge in [-0.15, -0.1) is 0 Å². The molecule has 0 spiro atoms. The van der Waals surface area contributed by atoms with E-state index in [4.69, 9.17) is 11.6 Å². The van der Waals surface area contributed by atoms with Gasteiger partial charge in [0.2, 0.25) is 5.91 Å². The molecule has 0 saturated carbocycles. The summed E-state index contributed by atoms with van der Waals surface area (Å²) in [6, 6.07) is 13.8. The average molecular weight is 345 g/mol. The summed E-state index contributed by atoms with van der Waals surface area (Å²) in [6.07, 6.45) is 0. The lowest BCUT2D eigenvalue weighted by molar-refractivity contribution is -0.115. The van der Waals surface area contributed by atoms with Crippen LogP contribution in [0.5, 0.6) is 0 Å². The van der Waals surface area contributed by atoms with Crippen LogP contribution in [-0.2, 0) is 4.79 Å². The van der Waals surface area contributed by atoms with Crippen LogP contribution in [0.15, 0.2) is 42.5 Å². The maximum absolute atomic E-state index is 12.3. The molecule has 0 aromatic heterocycles. The molecule has 24 heavy (non-hydrogen) atoms. The standard InChI is InChI=1S/C20H25ClN2O/c1-13(2)18-7-5-6-14(3)20(18)23-19(24)12-22-15(4)16-8-10-17(21)11-9-16/h5-11,13,15,22H,12H2,1-4H3,(H,23,24). The summed E-state index contributed by atoms with van der Waals surface area (Å²) in [5.41, 5.74) is 4.28. The van der Waals surface area contributed by atoms with Crippen LogP contribution >= 0.6 is 11.6 Å². The first kappa shape index (κ1) is 18.5. The lowest BCUT2D eigenvalue weighted by atomic mass is 9.98. The van der Waals surface area contributed by atoms with Gasteiger partial charge in [0.25, 0.3) is 0 Å². The minimum atomic E-state index is -0.0352. The first-order valence-electron chi connectivity index (χ1n) is 8.26. The van der Waals surface area contributed by atoms with Gasteiger partial charge in [0.1, 0.15) is 0 Å². The number of anilines is 1. The van der Waals surface area contributed by atoms with Gasteiger partial charge in [0, 0.05) is 16.8 Å². The molecule has 0 radical (unpaired) electrons. The quantitative estimate of drug-likeness (QED) is 0.768. The van der Waals surface area contributed by atoms with E-state index in [0.717, 1.165) is 22.4 Å². The van der Waals surface area contributed by atoms with Crippen molar-refractivity contribution in [2.45, 2.75) is 39.7 Å². The van der Waals surface area contributed by atoms with Gasteiger partial charge >= 0.3 is 0 Å². The van der Waals surface area contributed by atoms with Crippen molar-refractivity contribution in [3.63, 3.8) is 0 Å². The highest BCUT2D eigenvalue weighted by molar-refractivity contribution is 6.30. The van der Waals surface area contributed by atoms with Crippen LogP contribution in [0.1, 0.15) is 49.4 Å². The number of carbonyl (C=O) groups excluding carboxylic acids is 1. The third-order valence-electron chi connectivity index (χ3n) is 4.13. The van der Waals surface area contributed by atoms with E-state index < -0.39 is 0 Å². The number of nitrogens with one attached hydrogen (secondary N) is 2. The summed E-state index contributed by atoms with van der Waals surface area (Å²) in [4.78, 5) is 12.3. The number of amides is 1. The third kappa shape index (κ3) is 4.83. The Kier molecular flexibility index (Phi) is 6.41. The number of aryl methyl sites for hydroxylation is 1. The molecule has 0 fully saturated rings. The zero-order chi connectivity index (χ0) is 17.7. The Morgan fingerprint density at radius 3 is 2.38 bits per heavy atom. The molecule has 3 nitrogen and oxygen atoms in total. The van der Waals surface area contributed by atoms with Crippen LogP contribution < -0.4 is 10.6 Å². The molecular weight excluding hydrogens is 320 g/mol. The molecule has 2 rings (SSSR count). The van der Waals surface area contributed by atoms with Gasteiger partial charge in [-0.2, -0.15) is 0 Å². The fourth-order valence-corrected chi connectivity index (χ4v) is 2.77. The molecule has 1 unspecified atom stereocenters. The summed E-state index contributed by atoms with van der Waals surface area (Å²) in [5.74, 6) is 0.327. The van der Waals surface area contributed by atoms with Crippen LogP contribution in [0, 0.1) is 6.92 Å². The Morgan fingerprint density at radius 2 is 1.75 bits per heavy atom. The van der Waals surface area contributed by atoms with Crippen LogP contribution in [0.3, 0.4) is 0 Å². The highest BCUT2D eigenvalue weighted by Crippen LogP contribution is 2.27. The molecule has 128 valence electrons. The van der Waals surface area contributed by atoms with Gasteiger partial charge < -0.3 is 10.6 Å². The van der Waals surface area contributed by atoms with Crippen LogP contribution in [0.25, 0.3) is 0 Å². The van der Waals surface area contributed by atoms with Crippen molar-refractivity contribution in [1.29, 1.82) is 0 Å². The Bertz CT molecular complexity index is 695. The Labute approximate surface area is 149 Å². The number of benzene rings is 2. The highest BCUT2D eigenvalue weighted by Gasteiger charge is 2.13. The van der Waals surface area contributed by atoms with Gasteiger partial charge in [-0.05, 0) is 48.6 Å². The topological polar surface area (TPSA) is 41.1 Å². The largest absolute Gasteiger partial charge is 0.324 e. The lowest BCUT2D eigenvalue weighted by Crippen LogP contribution is -2.30. The summed E-state index contributed by atoms with van der Waals surface area (Å²) < 4.78 is 0. The second kappa shape index (κ2) is 8.32. The van der Waals surface area contributed by atoms with Crippen molar-refractivity contribution in [3.05, 3.63) is 64.2 Å². The van der Waals surface area contributed by atoms with E-state index in [0.29, 0.717) is 10.9 Å². The van der Waals surface area contributed by atoms with Gasteiger partial charge in [-0.25, -0.2) is 0 Å². The summed E-state index contributed by atoms with van der Waals surface area (Å²) in [7, 11) is 0. The maximum Gasteiger partial charge on any atom is 0.238 e. The maximum atomic E-state index is 12.3. The fraction of sp³-hybridized carbons (Fsp3) is 0.350. The van der Waals surface area contributed by atoms with Gasteiger partial charge in [-0.1, -0.05) is 55.8 Å². The molecule has 2 N–H and O–H groups in total. The Balaban J connectivity index is 1.98. The number of carbonyl (C=O) groups is 1. The molecule has 0 aliphatic rings. The van der Waals surface area contributed by atoms with Crippen molar-refractivity contribution in [2.24, 2.45) is 0 Å². The first-order valence-corrected chi connectivity index (χ1v) is 8.64. The number of hydrogen-bond donors (Lipinski definition) is 2. The second-order valence-electron chi connectivity index (χ2n) is 6.40. The smallest absolute Gasteiger partial charge is 0.238 e. The Morgan fingerprint density at radius 1 is 1.08 bits per heavy atom. The molecule has 0 heterocycles. The fourth-order valence-electron chi connectivity index (χ4n) is 2.64. The second-order valence-corrected chi connectivity index (χ2v) is 6.83. The molecule has 0 aliphatic heterocycles. The monoisotopic (exact) mass is 344 g/mol. The molecule has 2 aromatic carbocycles. The molecule has 0 saturated heterocycles. The number of rotatable bonds is 6. The van der Waals surface area contributed by atoms with Crippen molar-refractivity contribution < 1.29 is 4.79 Å². The van der Waals surface area contributed by atoms with E-state index in [1.807, 2.05) is 50.2 Å². The molecule has 0 aliphatic carbocycles. The number of para-hydroxylation sites is 1. The highest BCUT2D eigenvalue weighted by atomic mass is 35.5. The zero-order valence-electron chi connectivity index (χ0n) is 14.7. The van der Waals surface area contributed by atoms with Crippen molar-refractivity contribution in [2.75, 3.05) is 11.9 Å². The SMILES string of the molecule is Cc1cccc(C(C)C)c1NC(=O)CNC(C)c1ccc(Cl)cc1. The molecule has 0 bridgehead atoms. The molecule has 1 atom stereocenters. The van der Waals surface area contributed by atoms with Crippen molar-refractivity contribution in [3.8, 4) is 0 Å². The van der Waals surface area contributed by atoms with Crippen LogP contribution in [0.4, 0.5) is 5.69 Å². The summed E-state index contributed by atoms with van der Waals surface area (Å²) in [5, 5.41) is 7.02. The minimum Gasteiger partial charge on any atom is -0.324 e. The first-order chi connectivity index (χ1) is 11.4. The molecule has 2 aromatic rings. The van der Waals surface area contributed by atoms with Gasteiger partial charge in [0.05, 0.1) is 6.54 Å². The van der Waals surface area contributed by atoms with Crippen LogP contribution in [-0.4, -0.2) is 12.5 Å². The normalized spacial score (nSPS) is 12.2. The van der Waals surface area contributed by atoms with E-state index in [2.05, 4.69) is 30.5 Å². The Hall–Kier alpha value is -1.84. The minimum absolute atomic E-state index is 0.0352. The van der Waals surface area contributed by atoms with Crippen LogP contribution in [0.2, 0.25) is 5.02 Å². The van der Waals surface area contributed by atoms with Crippen molar-refractivity contribution >= 4 is 23.2 Å². The van der Waals surface area contributed by atoms with E-state index in [1.165, 1.54) is 0 Å². The summed E-state index contributed by atoms with van der Waals surface area (Å²) in [6.45, 7) is 8.57. The summed E-state index contributed by atoms with van der Waals surface area (Å²) >= 11 is 5.90. The molecular formula is C20H25ClN2O. The van der Waals surface area contributed by atoms with Gasteiger partial charge in [-0.3, -0.25) is 4.79 Å². The number of hydrogen-bond acceptors (Lipinski definition) is 2. The zero-order valence-corrected chi connectivity index (χ0v) is 15.4. The lowest BCUT2D eigenvalue weighted by Gasteiger charge is -2.18. The predicted octanol–water partition coefficient (Wildman–Crippen LogP) is 5.06. The van der Waals surface area contributed by atoms with E-state index in [-0.39, 0.29) is 18.5 Å². The van der Waals surface area contributed by atoms with E-state index in [1.54, 1.807) is 0 Å².